The van der Waals surface area contributed by atoms with Gasteiger partial charge in [-0.2, -0.15) is 0 Å². The highest BCUT2D eigenvalue weighted by molar-refractivity contribution is 5.88. The predicted octanol–water partition coefficient (Wildman–Crippen LogP) is 4.93. The first-order chi connectivity index (χ1) is 16.8. The minimum absolute atomic E-state index is 0.000519. The van der Waals surface area contributed by atoms with Crippen LogP contribution >= 0.6 is 0 Å². The Balaban J connectivity index is 1.92. The van der Waals surface area contributed by atoms with E-state index in [-0.39, 0.29) is 30.7 Å². The van der Waals surface area contributed by atoms with E-state index in [2.05, 4.69) is 5.32 Å². The fraction of sp³-hybridized carbons (Fsp3) is 0.310. The number of nitrogens with one attached hydrogen (secondary N) is 1. The molecule has 1 unspecified atom stereocenters. The van der Waals surface area contributed by atoms with Crippen LogP contribution in [0.4, 0.5) is 4.39 Å². The number of para-hydroxylation sites is 1. The Morgan fingerprint density at radius 3 is 2.29 bits per heavy atom. The summed E-state index contributed by atoms with van der Waals surface area (Å²) in [4.78, 5) is 28.5. The summed E-state index contributed by atoms with van der Waals surface area (Å²) in [5, 5.41) is 2.99. The van der Waals surface area contributed by atoms with E-state index in [1.165, 1.54) is 12.1 Å². The normalized spacial score (nSPS) is 11.7. The average molecular weight is 477 g/mol. The molecule has 0 spiro atoms. The van der Waals surface area contributed by atoms with Crippen LogP contribution in [0.25, 0.3) is 0 Å². The summed E-state index contributed by atoms with van der Waals surface area (Å²) < 4.78 is 19.6. The molecule has 3 aromatic rings. The highest BCUT2D eigenvalue weighted by Gasteiger charge is 2.31. The number of amides is 2. The summed E-state index contributed by atoms with van der Waals surface area (Å²) in [5.41, 5.74) is 2.89. The molecular formula is C29H33FN2O3. The molecule has 0 heterocycles. The van der Waals surface area contributed by atoms with Gasteiger partial charge in [-0.05, 0) is 41.7 Å². The van der Waals surface area contributed by atoms with Gasteiger partial charge in [0.1, 0.15) is 6.04 Å². The Morgan fingerprint density at radius 2 is 1.60 bits per heavy atom. The van der Waals surface area contributed by atoms with Gasteiger partial charge in [0.25, 0.3) is 5.91 Å². The van der Waals surface area contributed by atoms with Crippen molar-refractivity contribution < 1.29 is 18.7 Å². The Bertz CT molecular complexity index is 1120. The van der Waals surface area contributed by atoms with Crippen LogP contribution in [0.2, 0.25) is 0 Å². The van der Waals surface area contributed by atoms with Gasteiger partial charge < -0.3 is 15.0 Å². The molecule has 5 nitrogen and oxygen atoms in total. The van der Waals surface area contributed by atoms with Crippen molar-refractivity contribution in [1.29, 1.82) is 0 Å². The minimum Gasteiger partial charge on any atom is -0.481 e. The molecule has 0 bridgehead atoms. The number of halogens is 1. The number of nitrogens with zero attached hydrogens (tertiary/aromatic N) is 1. The summed E-state index contributed by atoms with van der Waals surface area (Å²) in [6.07, 6.45) is 0.349. The third kappa shape index (κ3) is 7.67. The van der Waals surface area contributed by atoms with Crippen molar-refractivity contribution in [3.63, 3.8) is 0 Å². The molecule has 0 aliphatic rings. The van der Waals surface area contributed by atoms with Gasteiger partial charge in [0.15, 0.2) is 18.2 Å². The number of hydrogen-bond acceptors (Lipinski definition) is 3. The van der Waals surface area contributed by atoms with E-state index < -0.39 is 17.8 Å². The van der Waals surface area contributed by atoms with Crippen molar-refractivity contribution in [1.82, 2.24) is 10.2 Å². The van der Waals surface area contributed by atoms with Gasteiger partial charge in [-0.1, -0.05) is 80.6 Å². The maximum Gasteiger partial charge on any atom is 0.261 e. The van der Waals surface area contributed by atoms with Crippen molar-refractivity contribution in [2.75, 3.05) is 13.2 Å². The van der Waals surface area contributed by atoms with Crippen molar-refractivity contribution in [3.05, 3.63) is 101 Å². The van der Waals surface area contributed by atoms with E-state index in [4.69, 9.17) is 4.74 Å². The molecular weight excluding hydrogens is 443 g/mol. The van der Waals surface area contributed by atoms with Gasteiger partial charge in [-0.15, -0.1) is 0 Å². The van der Waals surface area contributed by atoms with Crippen molar-refractivity contribution >= 4 is 11.8 Å². The molecule has 0 saturated heterocycles. The number of benzene rings is 3. The van der Waals surface area contributed by atoms with Gasteiger partial charge in [-0.25, -0.2) is 4.39 Å². The number of carbonyl (C=O) groups is 2. The standard InChI is InChI=1S/C29H33FN2O3/c1-21(2)18-31-29(34)26(17-23-12-5-4-6-13-23)32(19-24-14-8-7-11-22(24)3)28(33)20-35-27-16-10-9-15-25(27)30/h4-16,21,26H,17-20H2,1-3H3,(H,31,34). The first-order valence-electron chi connectivity index (χ1n) is 11.9. The number of carbonyl (C=O) groups excluding carboxylic acids is 2. The van der Waals surface area contributed by atoms with Crippen LogP contribution in [-0.2, 0) is 22.6 Å². The highest BCUT2D eigenvalue weighted by Crippen LogP contribution is 2.19. The molecule has 35 heavy (non-hydrogen) atoms. The quantitative estimate of drug-likeness (QED) is 0.427. The number of aryl methyl sites for hydroxylation is 1. The van der Waals surface area contributed by atoms with E-state index in [0.29, 0.717) is 13.0 Å². The Kier molecular flexibility index (Phi) is 9.41. The van der Waals surface area contributed by atoms with Gasteiger partial charge in [0.05, 0.1) is 0 Å². The molecule has 1 N–H and O–H groups in total. The molecule has 0 aliphatic heterocycles. The monoisotopic (exact) mass is 476 g/mol. The zero-order valence-electron chi connectivity index (χ0n) is 20.5. The maximum absolute atomic E-state index is 14.1. The van der Waals surface area contributed by atoms with Crippen LogP contribution in [0.3, 0.4) is 0 Å². The Labute approximate surface area is 206 Å². The summed E-state index contributed by atoms with van der Waals surface area (Å²) in [6.45, 7) is 6.37. The topological polar surface area (TPSA) is 58.6 Å². The second-order valence-corrected chi connectivity index (χ2v) is 9.01. The van der Waals surface area contributed by atoms with Crippen LogP contribution in [0, 0.1) is 18.7 Å². The molecule has 0 saturated carbocycles. The Morgan fingerprint density at radius 1 is 0.943 bits per heavy atom. The maximum atomic E-state index is 14.1. The van der Waals surface area contributed by atoms with Crippen LogP contribution in [0.5, 0.6) is 5.75 Å². The van der Waals surface area contributed by atoms with E-state index in [1.54, 1.807) is 17.0 Å². The van der Waals surface area contributed by atoms with Crippen LogP contribution in [0.1, 0.15) is 30.5 Å². The molecule has 184 valence electrons. The summed E-state index contributed by atoms with van der Waals surface area (Å²) in [7, 11) is 0. The largest absolute Gasteiger partial charge is 0.481 e. The predicted molar refractivity (Wildman–Crippen MR) is 135 cm³/mol. The van der Waals surface area contributed by atoms with E-state index >= 15 is 0 Å². The van der Waals surface area contributed by atoms with Gasteiger partial charge >= 0.3 is 0 Å². The average Bonchev–Trinajstić information content (AvgIpc) is 2.85. The number of ether oxygens (including phenoxy) is 1. The first kappa shape index (κ1) is 25.9. The summed E-state index contributed by atoms with van der Waals surface area (Å²) >= 11 is 0. The van der Waals surface area contributed by atoms with Crippen LogP contribution in [0.15, 0.2) is 78.9 Å². The second kappa shape index (κ2) is 12.7. The summed E-state index contributed by atoms with van der Waals surface area (Å²) in [5.74, 6) is -0.893. The van der Waals surface area contributed by atoms with E-state index in [9.17, 15) is 14.0 Å². The lowest BCUT2D eigenvalue weighted by Gasteiger charge is -2.32. The lowest BCUT2D eigenvalue weighted by Crippen LogP contribution is -2.52. The molecule has 0 fully saturated rings. The van der Waals surface area contributed by atoms with Crippen molar-refractivity contribution in [3.8, 4) is 5.75 Å². The van der Waals surface area contributed by atoms with E-state index in [1.807, 2.05) is 75.4 Å². The lowest BCUT2D eigenvalue weighted by molar-refractivity contribution is -0.142. The zero-order valence-corrected chi connectivity index (χ0v) is 20.5. The molecule has 0 radical (unpaired) electrons. The molecule has 0 aromatic heterocycles. The molecule has 3 aromatic carbocycles. The number of rotatable bonds is 11. The third-order valence-electron chi connectivity index (χ3n) is 5.75. The van der Waals surface area contributed by atoms with Gasteiger partial charge in [0, 0.05) is 19.5 Å². The van der Waals surface area contributed by atoms with Gasteiger partial charge in [0.2, 0.25) is 5.91 Å². The molecule has 3 rings (SSSR count). The van der Waals surface area contributed by atoms with Crippen molar-refractivity contribution in [2.45, 2.75) is 39.8 Å². The molecule has 2 amide bonds. The highest BCUT2D eigenvalue weighted by atomic mass is 19.1. The first-order valence-corrected chi connectivity index (χ1v) is 11.9. The van der Waals surface area contributed by atoms with Crippen molar-refractivity contribution in [2.24, 2.45) is 5.92 Å². The molecule has 6 heteroatoms. The van der Waals surface area contributed by atoms with Crippen LogP contribution in [-0.4, -0.2) is 35.9 Å². The SMILES string of the molecule is Cc1ccccc1CN(C(=O)COc1ccccc1F)C(Cc1ccccc1)C(=O)NCC(C)C. The third-order valence-corrected chi connectivity index (χ3v) is 5.75. The second-order valence-electron chi connectivity index (χ2n) is 9.01. The fourth-order valence-corrected chi connectivity index (χ4v) is 3.73. The minimum atomic E-state index is -0.757. The fourth-order valence-electron chi connectivity index (χ4n) is 3.73. The zero-order chi connectivity index (χ0) is 25.2. The number of hydrogen-bond donors (Lipinski definition) is 1. The molecule has 0 aliphatic carbocycles. The van der Waals surface area contributed by atoms with E-state index in [0.717, 1.165) is 16.7 Å². The lowest BCUT2D eigenvalue weighted by atomic mass is 10.0. The molecule has 1 atom stereocenters. The Hall–Kier alpha value is -3.67. The smallest absolute Gasteiger partial charge is 0.261 e. The van der Waals surface area contributed by atoms with Crippen LogP contribution < -0.4 is 10.1 Å². The van der Waals surface area contributed by atoms with Gasteiger partial charge in [-0.3, -0.25) is 9.59 Å². The summed E-state index contributed by atoms with van der Waals surface area (Å²) in [6, 6.07) is 22.6.